The fourth-order valence-corrected chi connectivity index (χ4v) is 9.88. The molecule has 0 saturated carbocycles. The van der Waals surface area contributed by atoms with Gasteiger partial charge in [-0.05, 0) is 99.7 Å². The highest BCUT2D eigenvalue weighted by molar-refractivity contribution is 6.74. The van der Waals surface area contributed by atoms with E-state index < -0.39 is 100 Å². The summed E-state index contributed by atoms with van der Waals surface area (Å²) < 4.78 is 39.3. The quantitative estimate of drug-likeness (QED) is 0.0411. The molecule has 1 saturated heterocycles. The second-order valence-corrected chi connectivity index (χ2v) is 31.8. The number of aliphatic hydroxyl groups excluding tert-OH is 1. The van der Waals surface area contributed by atoms with Gasteiger partial charge in [-0.3, -0.25) is 28.3 Å². The van der Waals surface area contributed by atoms with Crippen molar-refractivity contribution >= 4 is 40.6 Å². The Morgan fingerprint density at radius 2 is 1.40 bits per heavy atom. The number of aromatic nitrogens is 2. The second-order valence-electron chi connectivity index (χ2n) is 22.2. The molecule has 1 unspecified atom stereocenters. The van der Waals surface area contributed by atoms with Crippen LogP contribution in [0, 0.1) is 0 Å². The van der Waals surface area contributed by atoms with E-state index in [1.807, 2.05) is 53.0 Å². The lowest BCUT2D eigenvalue weighted by Gasteiger charge is -2.44. The molecule has 1 aliphatic heterocycles. The Kier molecular flexibility index (Phi) is 20.4. The summed E-state index contributed by atoms with van der Waals surface area (Å²) in [5.74, 6) is -1.97. The largest absolute Gasteiger partial charge is 0.497 e. The highest BCUT2D eigenvalue weighted by atomic mass is 28.4. The highest BCUT2D eigenvalue weighted by Crippen LogP contribution is 2.46. The lowest BCUT2D eigenvalue weighted by molar-refractivity contribution is -0.155. The molecule has 0 spiro atoms. The Morgan fingerprint density at radius 1 is 0.806 bits per heavy atom. The minimum Gasteiger partial charge on any atom is -0.497 e. The second kappa shape index (κ2) is 24.7. The maximum atomic E-state index is 14.5. The van der Waals surface area contributed by atoms with Gasteiger partial charge < -0.3 is 54.0 Å². The summed E-state index contributed by atoms with van der Waals surface area (Å²) >= 11 is 0. The summed E-state index contributed by atoms with van der Waals surface area (Å²) in [5.41, 5.74) is -0.642. The Bertz CT molecular complexity index is 2410. The Hall–Kier alpha value is -5.17. The highest BCUT2D eigenvalue weighted by Gasteiger charge is 2.57. The standard InChI is InChI=1S/C51H79N5O14Si2/c1-49(2,3)68-38(58)26-25-36(54-47(63)66-32-34-19-16-15-17-20-34)44(60)53-29-18-28-52-39(46(61)62)40(59)41-42(69-71(11,12)50(4,5)6)43(70-72(13,14)51(7,8)9)45(67-41)55-30-27-37(57)56(48(55)64)31-33-21-23-35(65-10)24-22-33/h15-17,19-24,27,30,36,39-43,45,52,59H,18,25-26,28-29,31-32H2,1-14H3,(H,53,60)(H,54,63)(H,61,62)/t36-,39-,40+,41?,42+,43+,45+/m0/s1. The maximum absolute atomic E-state index is 14.5. The molecule has 7 atom stereocenters. The van der Waals surface area contributed by atoms with Crippen molar-refractivity contribution in [2.24, 2.45) is 0 Å². The molecule has 2 amide bonds. The molecule has 400 valence electrons. The number of carboxylic acids is 1. The maximum Gasteiger partial charge on any atom is 0.408 e. The summed E-state index contributed by atoms with van der Waals surface area (Å²) in [7, 11) is -4.03. The van der Waals surface area contributed by atoms with E-state index >= 15 is 0 Å². The third kappa shape index (κ3) is 16.4. The van der Waals surface area contributed by atoms with Crippen LogP contribution >= 0.6 is 0 Å². The third-order valence-corrected chi connectivity index (χ3v) is 22.4. The molecule has 3 aromatic rings. The molecule has 2 aromatic carbocycles. The normalized spacial score (nSPS) is 18.9. The number of carbonyl (C=O) groups is 4. The van der Waals surface area contributed by atoms with Crippen LogP contribution in [-0.2, 0) is 50.6 Å². The molecule has 5 N–H and O–H groups in total. The van der Waals surface area contributed by atoms with Crippen LogP contribution in [0.4, 0.5) is 4.79 Å². The molecule has 0 bridgehead atoms. The first-order chi connectivity index (χ1) is 33.4. The number of methoxy groups -OCH3 is 1. The number of hydrogen-bond donors (Lipinski definition) is 5. The SMILES string of the molecule is COc1ccc(Cn2c(=O)ccn([C@@H]3OC([C@H](O)[C@H](NCCCNC(=O)[C@H](CCC(=O)OC(C)(C)C)NC(=O)OCc4ccccc4)C(=O)O)[C@@H](O[Si](C)(C)C(C)(C)C)[C@H]3O[Si](C)(C)C(C)(C)C)c2=O)cc1. The molecular formula is C51H79N5O14Si2. The van der Waals surface area contributed by atoms with Gasteiger partial charge in [0.1, 0.15) is 54.5 Å². The van der Waals surface area contributed by atoms with Crippen molar-refractivity contribution in [3.8, 4) is 5.75 Å². The van der Waals surface area contributed by atoms with E-state index in [1.54, 1.807) is 69.3 Å². The number of benzene rings is 2. The summed E-state index contributed by atoms with van der Waals surface area (Å²) in [6.07, 6.45) is -6.24. The predicted molar refractivity (Wildman–Crippen MR) is 277 cm³/mol. The molecule has 0 aliphatic carbocycles. The first-order valence-corrected chi connectivity index (χ1v) is 30.2. The van der Waals surface area contributed by atoms with Gasteiger partial charge in [0.25, 0.3) is 5.56 Å². The first-order valence-electron chi connectivity index (χ1n) is 24.4. The minimum absolute atomic E-state index is 0.00857. The average molecular weight is 1040 g/mol. The number of rotatable bonds is 23. The van der Waals surface area contributed by atoms with E-state index in [2.05, 4.69) is 36.7 Å². The fourth-order valence-electron chi connectivity index (χ4n) is 7.30. The van der Waals surface area contributed by atoms with Crippen molar-refractivity contribution in [1.29, 1.82) is 0 Å². The van der Waals surface area contributed by atoms with Gasteiger partial charge >= 0.3 is 23.7 Å². The summed E-state index contributed by atoms with van der Waals surface area (Å²) in [5, 5.41) is 30.4. The number of hydrogen-bond acceptors (Lipinski definition) is 14. The Labute approximate surface area is 425 Å². The smallest absolute Gasteiger partial charge is 0.408 e. The molecule has 4 rings (SSSR count). The van der Waals surface area contributed by atoms with E-state index in [0.717, 1.165) is 10.1 Å². The van der Waals surface area contributed by atoms with Crippen LogP contribution in [0.5, 0.6) is 5.75 Å². The van der Waals surface area contributed by atoms with Crippen LogP contribution < -0.4 is 31.9 Å². The number of nitrogens with zero attached hydrogens (tertiary/aromatic N) is 2. The number of esters is 1. The van der Waals surface area contributed by atoms with E-state index in [1.165, 1.54) is 23.9 Å². The zero-order valence-corrected chi connectivity index (χ0v) is 46.5. The summed E-state index contributed by atoms with van der Waals surface area (Å²) in [6.45, 7) is 25.4. The molecule has 2 heterocycles. The zero-order valence-electron chi connectivity index (χ0n) is 44.5. The van der Waals surface area contributed by atoms with E-state index in [9.17, 15) is 39.0 Å². The minimum atomic E-state index is -2.79. The summed E-state index contributed by atoms with van der Waals surface area (Å²) in [4.78, 5) is 79.9. The number of aliphatic carboxylic acids is 1. The number of ether oxygens (including phenoxy) is 4. The van der Waals surface area contributed by atoms with E-state index in [0.29, 0.717) is 11.3 Å². The summed E-state index contributed by atoms with van der Waals surface area (Å²) in [6, 6.07) is 14.3. The van der Waals surface area contributed by atoms with Crippen LogP contribution in [-0.4, -0.2) is 122 Å². The molecular weight excluding hydrogens is 963 g/mol. The predicted octanol–water partition coefficient (Wildman–Crippen LogP) is 6.07. The number of carbonyl (C=O) groups excluding carboxylic acids is 3. The lowest BCUT2D eigenvalue weighted by atomic mass is 9.99. The number of alkyl carbamates (subject to hydrolysis) is 1. The van der Waals surface area contributed by atoms with Crippen molar-refractivity contribution < 1.29 is 57.2 Å². The van der Waals surface area contributed by atoms with Gasteiger partial charge in [-0.1, -0.05) is 84.0 Å². The van der Waals surface area contributed by atoms with Crippen molar-refractivity contribution in [2.45, 2.75) is 179 Å². The monoisotopic (exact) mass is 1040 g/mol. The van der Waals surface area contributed by atoms with Crippen LogP contribution in [0.2, 0.25) is 36.3 Å². The molecule has 1 fully saturated rings. The van der Waals surface area contributed by atoms with Crippen molar-refractivity contribution in [3.63, 3.8) is 0 Å². The number of nitrogens with one attached hydrogen (secondary N) is 3. The molecule has 1 aliphatic rings. The van der Waals surface area contributed by atoms with Gasteiger partial charge in [-0.15, -0.1) is 0 Å². The number of amides is 2. The molecule has 0 radical (unpaired) electrons. The van der Waals surface area contributed by atoms with Gasteiger partial charge in [-0.2, -0.15) is 0 Å². The van der Waals surface area contributed by atoms with Gasteiger partial charge in [0.05, 0.1) is 13.7 Å². The Balaban J connectivity index is 1.61. The third-order valence-electron chi connectivity index (χ3n) is 13.4. The molecule has 21 heteroatoms. The van der Waals surface area contributed by atoms with Gasteiger partial charge in [0.15, 0.2) is 22.9 Å². The molecule has 1 aromatic heterocycles. The van der Waals surface area contributed by atoms with Crippen LogP contribution in [0.3, 0.4) is 0 Å². The van der Waals surface area contributed by atoms with Gasteiger partial charge in [0, 0.05) is 25.2 Å². The van der Waals surface area contributed by atoms with Crippen LogP contribution in [0.1, 0.15) is 98.9 Å². The van der Waals surface area contributed by atoms with Gasteiger partial charge in [0.2, 0.25) is 5.91 Å². The van der Waals surface area contributed by atoms with E-state index in [4.69, 9.17) is 27.8 Å². The van der Waals surface area contributed by atoms with Crippen molar-refractivity contribution in [2.75, 3.05) is 20.2 Å². The number of aliphatic hydroxyl groups is 1. The lowest BCUT2D eigenvalue weighted by Crippen LogP contribution is -2.59. The zero-order chi connectivity index (χ0) is 54.0. The van der Waals surface area contributed by atoms with E-state index in [-0.39, 0.29) is 55.6 Å². The van der Waals surface area contributed by atoms with Crippen molar-refractivity contribution in [3.05, 3.63) is 98.8 Å². The first kappa shape index (κ1) is 59.4. The topological polar surface area (TPSA) is 244 Å². The van der Waals surface area contributed by atoms with Gasteiger partial charge in [-0.25, -0.2) is 9.59 Å². The Morgan fingerprint density at radius 3 is 1.96 bits per heavy atom. The van der Waals surface area contributed by atoms with Crippen LogP contribution in [0.25, 0.3) is 0 Å². The molecule has 19 nitrogen and oxygen atoms in total. The van der Waals surface area contributed by atoms with Crippen molar-refractivity contribution in [1.82, 2.24) is 25.1 Å². The fraction of sp³-hybridized carbons (Fsp3) is 0.608. The average Bonchev–Trinajstić information content (AvgIpc) is 3.61. The van der Waals surface area contributed by atoms with Crippen LogP contribution in [0.15, 0.2) is 76.4 Å². The number of carboxylic acid groups (broad SMARTS) is 1. The molecule has 72 heavy (non-hydrogen) atoms.